The van der Waals surface area contributed by atoms with Gasteiger partial charge in [0.2, 0.25) is 0 Å². The number of nitrogens with one attached hydrogen (secondary N) is 1. The molecule has 0 amide bonds. The van der Waals surface area contributed by atoms with Crippen molar-refractivity contribution in [3.63, 3.8) is 0 Å². The predicted octanol–water partition coefficient (Wildman–Crippen LogP) is 3.03. The molecule has 0 aromatic rings. The highest BCUT2D eigenvalue weighted by molar-refractivity contribution is 5.08. The van der Waals surface area contributed by atoms with Gasteiger partial charge in [0.15, 0.2) is 0 Å². The molecule has 1 fully saturated rings. The van der Waals surface area contributed by atoms with Crippen molar-refractivity contribution >= 4 is 0 Å². The summed E-state index contributed by atoms with van der Waals surface area (Å²) < 4.78 is 0. The zero-order chi connectivity index (χ0) is 14.5. The average Bonchev–Trinajstić information content (AvgIpc) is 2.51. The Morgan fingerprint density at radius 3 is 2.47 bits per heavy atom. The summed E-state index contributed by atoms with van der Waals surface area (Å²) in [6, 6.07) is 2.57. The summed E-state index contributed by atoms with van der Waals surface area (Å²) in [6.45, 7) is 8.89. The van der Waals surface area contributed by atoms with Crippen molar-refractivity contribution in [2.75, 3.05) is 27.2 Å². The zero-order valence-electron chi connectivity index (χ0n) is 13.4. The fourth-order valence-electron chi connectivity index (χ4n) is 3.05. The molecule has 19 heavy (non-hydrogen) atoms. The summed E-state index contributed by atoms with van der Waals surface area (Å²) in [5.74, 6) is 0.748. The number of nitriles is 1. The molecular formula is C16H31N3. The third kappa shape index (κ3) is 5.12. The maximum absolute atomic E-state index is 9.59. The standard InChI is InChI=1S/C16H31N3/c1-15(2,3)14-7-6-9-16(13-17,10-8-14)18-11-12-19(4)5/h14,18H,6-12H2,1-5H3. The van der Waals surface area contributed by atoms with Gasteiger partial charge in [0.1, 0.15) is 5.54 Å². The second kappa shape index (κ2) is 6.72. The predicted molar refractivity (Wildman–Crippen MR) is 80.9 cm³/mol. The van der Waals surface area contributed by atoms with Crippen LogP contribution in [0.15, 0.2) is 0 Å². The van der Waals surface area contributed by atoms with E-state index in [2.05, 4.69) is 51.2 Å². The van der Waals surface area contributed by atoms with Crippen molar-refractivity contribution in [2.45, 2.75) is 58.4 Å². The van der Waals surface area contributed by atoms with E-state index in [-0.39, 0.29) is 5.54 Å². The Morgan fingerprint density at radius 2 is 1.95 bits per heavy atom. The minimum absolute atomic E-state index is 0.282. The monoisotopic (exact) mass is 265 g/mol. The van der Waals surface area contributed by atoms with Crippen LogP contribution in [0.4, 0.5) is 0 Å². The molecule has 2 atom stereocenters. The molecule has 0 heterocycles. The highest BCUT2D eigenvalue weighted by Gasteiger charge is 2.35. The van der Waals surface area contributed by atoms with Crippen LogP contribution in [0.5, 0.6) is 0 Å². The van der Waals surface area contributed by atoms with Gasteiger partial charge in [-0.15, -0.1) is 0 Å². The van der Waals surface area contributed by atoms with Crippen LogP contribution in [0, 0.1) is 22.7 Å². The fraction of sp³-hybridized carbons (Fsp3) is 0.938. The quantitative estimate of drug-likeness (QED) is 0.794. The molecule has 1 rings (SSSR count). The molecule has 1 saturated carbocycles. The molecule has 0 aromatic carbocycles. The van der Waals surface area contributed by atoms with Gasteiger partial charge in [0, 0.05) is 13.1 Å². The Balaban J connectivity index is 2.58. The van der Waals surface area contributed by atoms with E-state index in [1.165, 1.54) is 19.3 Å². The first-order chi connectivity index (χ1) is 8.79. The van der Waals surface area contributed by atoms with Gasteiger partial charge in [0.25, 0.3) is 0 Å². The van der Waals surface area contributed by atoms with Gasteiger partial charge in [0.05, 0.1) is 6.07 Å². The highest BCUT2D eigenvalue weighted by atomic mass is 15.1. The lowest BCUT2D eigenvalue weighted by Crippen LogP contribution is -2.46. The van der Waals surface area contributed by atoms with Crippen molar-refractivity contribution in [2.24, 2.45) is 11.3 Å². The molecule has 3 heteroatoms. The van der Waals surface area contributed by atoms with E-state index in [0.29, 0.717) is 5.41 Å². The summed E-state index contributed by atoms with van der Waals surface area (Å²) in [4.78, 5) is 2.16. The highest BCUT2D eigenvalue weighted by Crippen LogP contribution is 2.39. The number of hydrogen-bond donors (Lipinski definition) is 1. The van der Waals surface area contributed by atoms with Crippen LogP contribution >= 0.6 is 0 Å². The largest absolute Gasteiger partial charge is 0.308 e. The van der Waals surface area contributed by atoms with E-state index >= 15 is 0 Å². The van der Waals surface area contributed by atoms with E-state index in [1.54, 1.807) is 0 Å². The van der Waals surface area contributed by atoms with Crippen LogP contribution in [0.2, 0.25) is 0 Å². The van der Waals surface area contributed by atoms with Gasteiger partial charge < -0.3 is 4.90 Å². The fourth-order valence-corrected chi connectivity index (χ4v) is 3.05. The lowest BCUT2D eigenvalue weighted by atomic mass is 9.76. The molecule has 0 aromatic heterocycles. The third-order valence-electron chi connectivity index (χ3n) is 4.54. The summed E-state index contributed by atoms with van der Waals surface area (Å²) >= 11 is 0. The molecule has 0 bridgehead atoms. The molecule has 1 N–H and O–H groups in total. The molecule has 0 radical (unpaired) electrons. The van der Waals surface area contributed by atoms with Gasteiger partial charge >= 0.3 is 0 Å². The van der Waals surface area contributed by atoms with Crippen LogP contribution in [0.3, 0.4) is 0 Å². The van der Waals surface area contributed by atoms with E-state index in [1.807, 2.05) is 0 Å². The maximum atomic E-state index is 9.59. The average molecular weight is 265 g/mol. The Kier molecular flexibility index (Phi) is 5.82. The molecule has 0 spiro atoms. The van der Waals surface area contributed by atoms with Crippen LogP contribution in [-0.2, 0) is 0 Å². The lowest BCUT2D eigenvalue weighted by molar-refractivity contribution is 0.210. The minimum atomic E-state index is -0.282. The molecule has 2 unspecified atom stereocenters. The third-order valence-corrected chi connectivity index (χ3v) is 4.54. The molecule has 3 nitrogen and oxygen atoms in total. The van der Waals surface area contributed by atoms with E-state index in [0.717, 1.165) is 31.8 Å². The number of hydrogen-bond acceptors (Lipinski definition) is 3. The Hall–Kier alpha value is -0.590. The molecule has 0 aliphatic heterocycles. The zero-order valence-corrected chi connectivity index (χ0v) is 13.4. The Morgan fingerprint density at radius 1 is 1.26 bits per heavy atom. The summed E-state index contributed by atoms with van der Waals surface area (Å²) in [5, 5.41) is 13.1. The first kappa shape index (κ1) is 16.5. The van der Waals surface area contributed by atoms with Crippen molar-refractivity contribution in [1.82, 2.24) is 10.2 Å². The van der Waals surface area contributed by atoms with E-state index in [4.69, 9.17) is 0 Å². The van der Waals surface area contributed by atoms with Gasteiger partial charge in [-0.25, -0.2) is 0 Å². The molecule has 110 valence electrons. The van der Waals surface area contributed by atoms with Gasteiger partial charge in [-0.3, -0.25) is 5.32 Å². The normalized spacial score (nSPS) is 29.0. The van der Waals surface area contributed by atoms with E-state index < -0.39 is 0 Å². The van der Waals surface area contributed by atoms with Gasteiger partial charge in [-0.2, -0.15) is 5.26 Å². The van der Waals surface area contributed by atoms with Crippen molar-refractivity contribution in [1.29, 1.82) is 5.26 Å². The number of rotatable bonds is 4. The number of likely N-dealkylation sites (N-methyl/N-ethyl adjacent to an activating group) is 1. The van der Waals surface area contributed by atoms with Crippen LogP contribution < -0.4 is 5.32 Å². The molecular weight excluding hydrogens is 234 g/mol. The smallest absolute Gasteiger partial charge is 0.106 e. The lowest BCUT2D eigenvalue weighted by Gasteiger charge is -2.31. The first-order valence-corrected chi connectivity index (χ1v) is 7.60. The first-order valence-electron chi connectivity index (χ1n) is 7.60. The van der Waals surface area contributed by atoms with Gasteiger partial charge in [-0.1, -0.05) is 27.2 Å². The summed E-state index contributed by atoms with van der Waals surface area (Å²) in [6.07, 6.45) is 5.61. The summed E-state index contributed by atoms with van der Waals surface area (Å²) in [7, 11) is 4.15. The van der Waals surface area contributed by atoms with Crippen molar-refractivity contribution in [3.8, 4) is 6.07 Å². The number of nitrogens with zero attached hydrogens (tertiary/aromatic N) is 2. The van der Waals surface area contributed by atoms with E-state index in [9.17, 15) is 5.26 Å². The second-order valence-electron chi connectivity index (χ2n) is 7.42. The minimum Gasteiger partial charge on any atom is -0.308 e. The maximum Gasteiger partial charge on any atom is 0.106 e. The van der Waals surface area contributed by atoms with Crippen LogP contribution in [-0.4, -0.2) is 37.6 Å². The SMILES string of the molecule is CN(C)CCNC1(C#N)CCCC(C(C)(C)C)CC1. The molecule has 1 aliphatic rings. The van der Waals surface area contributed by atoms with Gasteiger partial charge in [-0.05, 0) is 51.1 Å². The van der Waals surface area contributed by atoms with Crippen LogP contribution in [0.25, 0.3) is 0 Å². The summed E-state index contributed by atoms with van der Waals surface area (Å²) in [5.41, 5.74) is 0.0885. The molecule has 1 aliphatic carbocycles. The second-order valence-corrected chi connectivity index (χ2v) is 7.42. The topological polar surface area (TPSA) is 39.1 Å². The van der Waals surface area contributed by atoms with Crippen molar-refractivity contribution < 1.29 is 0 Å². The Bertz CT molecular complexity index is 311. The van der Waals surface area contributed by atoms with Crippen molar-refractivity contribution in [3.05, 3.63) is 0 Å². The molecule has 0 saturated heterocycles. The van der Waals surface area contributed by atoms with Crippen LogP contribution in [0.1, 0.15) is 52.9 Å². The Labute approximate surface area is 119 Å².